The molecule has 0 radical (unpaired) electrons. The monoisotopic (exact) mass is 249 g/mol. The van der Waals surface area contributed by atoms with Gasteiger partial charge in [-0.3, -0.25) is 9.88 Å². The number of rotatable bonds is 5. The minimum atomic E-state index is 0.698. The van der Waals surface area contributed by atoms with Crippen molar-refractivity contribution in [3.8, 4) is 5.75 Å². The average molecular weight is 249 g/mol. The van der Waals surface area contributed by atoms with Gasteiger partial charge in [0.1, 0.15) is 12.4 Å². The largest absolute Gasteiger partial charge is 0.491 e. The third kappa shape index (κ3) is 3.96. The van der Waals surface area contributed by atoms with Gasteiger partial charge >= 0.3 is 0 Å². The third-order valence-corrected chi connectivity index (χ3v) is 3.56. The van der Waals surface area contributed by atoms with Crippen LogP contribution in [0.15, 0.2) is 18.3 Å². The Morgan fingerprint density at radius 3 is 2.78 bits per heavy atom. The SMILES string of the molecule is CNC1CCN(CCOc2ccc(C)nc2)CC1. The molecule has 1 aliphatic heterocycles. The van der Waals surface area contributed by atoms with Crippen molar-refractivity contribution >= 4 is 0 Å². The molecule has 0 spiro atoms. The highest BCUT2D eigenvalue weighted by atomic mass is 16.5. The molecular formula is C14H23N3O. The standard InChI is InChI=1S/C14H23N3O/c1-12-3-4-14(11-16-12)18-10-9-17-7-5-13(15-2)6-8-17/h3-4,11,13,15H,5-10H2,1-2H3. The van der Waals surface area contributed by atoms with Crippen LogP contribution in [0.1, 0.15) is 18.5 Å². The molecule has 0 unspecified atom stereocenters. The van der Waals surface area contributed by atoms with Gasteiger partial charge in [-0.05, 0) is 52.0 Å². The number of ether oxygens (including phenoxy) is 1. The first-order valence-corrected chi connectivity index (χ1v) is 6.73. The maximum absolute atomic E-state index is 5.70. The van der Waals surface area contributed by atoms with Gasteiger partial charge in [-0.15, -0.1) is 0 Å². The summed E-state index contributed by atoms with van der Waals surface area (Å²) < 4.78 is 5.70. The molecule has 1 saturated heterocycles. The smallest absolute Gasteiger partial charge is 0.137 e. The highest BCUT2D eigenvalue weighted by Crippen LogP contribution is 2.11. The fourth-order valence-corrected chi connectivity index (χ4v) is 2.28. The lowest BCUT2D eigenvalue weighted by Gasteiger charge is -2.31. The molecular weight excluding hydrogens is 226 g/mol. The highest BCUT2D eigenvalue weighted by Gasteiger charge is 2.16. The number of pyridine rings is 1. The number of hydrogen-bond acceptors (Lipinski definition) is 4. The van der Waals surface area contributed by atoms with Crippen molar-refractivity contribution in [2.24, 2.45) is 0 Å². The Labute approximate surface area is 109 Å². The van der Waals surface area contributed by atoms with Gasteiger partial charge in [0.15, 0.2) is 0 Å². The Hall–Kier alpha value is -1.13. The minimum absolute atomic E-state index is 0.698. The molecule has 2 heterocycles. The number of aryl methyl sites for hydroxylation is 1. The van der Waals surface area contributed by atoms with Crippen LogP contribution in [0.4, 0.5) is 0 Å². The van der Waals surface area contributed by atoms with E-state index in [9.17, 15) is 0 Å². The van der Waals surface area contributed by atoms with Gasteiger partial charge in [0.25, 0.3) is 0 Å². The molecule has 0 aromatic carbocycles. The van der Waals surface area contributed by atoms with Gasteiger partial charge in [0.05, 0.1) is 6.20 Å². The van der Waals surface area contributed by atoms with Crippen LogP contribution in [0.3, 0.4) is 0 Å². The first-order valence-electron chi connectivity index (χ1n) is 6.73. The Morgan fingerprint density at radius 2 is 2.17 bits per heavy atom. The summed E-state index contributed by atoms with van der Waals surface area (Å²) in [6, 6.07) is 4.66. The fraction of sp³-hybridized carbons (Fsp3) is 0.643. The predicted octanol–water partition coefficient (Wildman–Crippen LogP) is 1.45. The number of nitrogens with one attached hydrogen (secondary N) is 1. The quantitative estimate of drug-likeness (QED) is 0.857. The molecule has 0 aliphatic carbocycles. The minimum Gasteiger partial charge on any atom is -0.491 e. The van der Waals surface area contributed by atoms with E-state index in [1.165, 1.54) is 25.9 Å². The second-order valence-corrected chi connectivity index (χ2v) is 4.89. The maximum atomic E-state index is 5.70. The van der Waals surface area contributed by atoms with Gasteiger partial charge in [0, 0.05) is 18.3 Å². The van der Waals surface area contributed by atoms with E-state index in [-0.39, 0.29) is 0 Å². The van der Waals surface area contributed by atoms with E-state index in [1.54, 1.807) is 6.20 Å². The van der Waals surface area contributed by atoms with E-state index in [0.717, 1.165) is 24.6 Å². The van der Waals surface area contributed by atoms with Crippen LogP contribution < -0.4 is 10.1 Å². The van der Waals surface area contributed by atoms with E-state index in [2.05, 4.69) is 15.2 Å². The molecule has 4 heteroatoms. The van der Waals surface area contributed by atoms with Crippen molar-refractivity contribution in [2.75, 3.05) is 33.3 Å². The third-order valence-electron chi connectivity index (χ3n) is 3.56. The van der Waals surface area contributed by atoms with Crippen LogP contribution in [-0.4, -0.2) is 49.2 Å². The lowest BCUT2D eigenvalue weighted by atomic mass is 10.1. The Kier molecular flexibility index (Phi) is 4.96. The van der Waals surface area contributed by atoms with E-state index in [0.29, 0.717) is 6.04 Å². The lowest BCUT2D eigenvalue weighted by molar-refractivity contribution is 0.167. The summed E-state index contributed by atoms with van der Waals surface area (Å²) in [5, 5.41) is 3.35. The van der Waals surface area contributed by atoms with Crippen LogP contribution in [0, 0.1) is 6.92 Å². The molecule has 0 saturated carbocycles. The van der Waals surface area contributed by atoms with Gasteiger partial charge in [-0.1, -0.05) is 0 Å². The number of nitrogens with zero attached hydrogens (tertiary/aromatic N) is 2. The van der Waals surface area contributed by atoms with Gasteiger partial charge < -0.3 is 10.1 Å². The van der Waals surface area contributed by atoms with Crippen molar-refractivity contribution in [2.45, 2.75) is 25.8 Å². The highest BCUT2D eigenvalue weighted by molar-refractivity contribution is 5.18. The Bertz CT molecular complexity index is 345. The van der Waals surface area contributed by atoms with Gasteiger partial charge in [-0.2, -0.15) is 0 Å². The number of likely N-dealkylation sites (tertiary alicyclic amines) is 1. The topological polar surface area (TPSA) is 37.4 Å². The van der Waals surface area contributed by atoms with E-state index >= 15 is 0 Å². The summed E-state index contributed by atoms with van der Waals surface area (Å²) in [6.07, 6.45) is 4.27. The second-order valence-electron chi connectivity index (χ2n) is 4.89. The molecule has 1 aromatic rings. The van der Waals surface area contributed by atoms with E-state index in [4.69, 9.17) is 4.74 Å². The molecule has 0 bridgehead atoms. The Balaban J connectivity index is 1.65. The molecule has 0 amide bonds. The average Bonchev–Trinajstić information content (AvgIpc) is 2.42. The molecule has 18 heavy (non-hydrogen) atoms. The summed E-state index contributed by atoms with van der Waals surface area (Å²) >= 11 is 0. The summed E-state index contributed by atoms with van der Waals surface area (Å²) in [5.74, 6) is 0.866. The molecule has 1 N–H and O–H groups in total. The maximum Gasteiger partial charge on any atom is 0.137 e. The van der Waals surface area contributed by atoms with Crippen LogP contribution in [0.2, 0.25) is 0 Å². The first-order chi connectivity index (χ1) is 8.78. The number of aromatic nitrogens is 1. The first kappa shape index (κ1) is 13.3. The van der Waals surface area contributed by atoms with Gasteiger partial charge in [0.2, 0.25) is 0 Å². The summed E-state index contributed by atoms with van der Waals surface area (Å²) in [4.78, 5) is 6.69. The second kappa shape index (κ2) is 6.71. The van der Waals surface area contributed by atoms with Crippen LogP contribution >= 0.6 is 0 Å². The van der Waals surface area contributed by atoms with Crippen LogP contribution in [-0.2, 0) is 0 Å². The number of hydrogen-bond donors (Lipinski definition) is 1. The summed E-state index contributed by atoms with van der Waals surface area (Å²) in [7, 11) is 2.05. The molecule has 1 aliphatic rings. The zero-order chi connectivity index (χ0) is 12.8. The number of piperidine rings is 1. The van der Waals surface area contributed by atoms with Crippen molar-refractivity contribution in [1.29, 1.82) is 0 Å². The van der Waals surface area contributed by atoms with Crippen LogP contribution in [0.25, 0.3) is 0 Å². The normalized spacial score (nSPS) is 17.9. The van der Waals surface area contributed by atoms with Gasteiger partial charge in [-0.25, -0.2) is 0 Å². The lowest BCUT2D eigenvalue weighted by Crippen LogP contribution is -2.42. The van der Waals surface area contributed by atoms with E-state index in [1.807, 2.05) is 26.1 Å². The van der Waals surface area contributed by atoms with Crippen molar-refractivity contribution in [3.05, 3.63) is 24.0 Å². The molecule has 4 nitrogen and oxygen atoms in total. The summed E-state index contributed by atoms with van der Waals surface area (Å²) in [5.41, 5.74) is 1.02. The van der Waals surface area contributed by atoms with Crippen LogP contribution in [0.5, 0.6) is 5.75 Å². The van der Waals surface area contributed by atoms with E-state index < -0.39 is 0 Å². The van der Waals surface area contributed by atoms with Crippen molar-refractivity contribution in [3.63, 3.8) is 0 Å². The van der Waals surface area contributed by atoms with Crippen molar-refractivity contribution in [1.82, 2.24) is 15.2 Å². The zero-order valence-electron chi connectivity index (χ0n) is 11.4. The molecule has 1 aromatic heterocycles. The fourth-order valence-electron chi connectivity index (χ4n) is 2.28. The summed E-state index contributed by atoms with van der Waals surface area (Å²) in [6.45, 7) is 6.07. The molecule has 0 atom stereocenters. The molecule has 100 valence electrons. The molecule has 2 rings (SSSR count). The molecule has 1 fully saturated rings. The zero-order valence-corrected chi connectivity index (χ0v) is 11.4. The Morgan fingerprint density at radius 1 is 1.39 bits per heavy atom. The van der Waals surface area contributed by atoms with Crippen molar-refractivity contribution < 1.29 is 4.74 Å². The predicted molar refractivity (Wildman–Crippen MR) is 73.0 cm³/mol.